The minimum Gasteiger partial charge on any atom is -0.338 e. The zero-order valence-electron chi connectivity index (χ0n) is 19.5. The average Bonchev–Trinajstić information content (AvgIpc) is 3.22. The van der Waals surface area contributed by atoms with E-state index >= 15 is 0 Å². The Morgan fingerprint density at radius 1 is 0.879 bits per heavy atom. The molecule has 0 spiro atoms. The summed E-state index contributed by atoms with van der Waals surface area (Å²) in [6.07, 6.45) is 6.92. The van der Waals surface area contributed by atoms with E-state index in [1.165, 1.54) is 29.5 Å². The highest BCUT2D eigenvalue weighted by atomic mass is 35.5. The van der Waals surface area contributed by atoms with Crippen molar-refractivity contribution >= 4 is 23.2 Å². The molecule has 172 valence electrons. The third-order valence-electron chi connectivity index (χ3n) is 6.35. The summed E-state index contributed by atoms with van der Waals surface area (Å²) >= 11 is 6.47. The second-order valence-corrected chi connectivity index (χ2v) is 9.35. The van der Waals surface area contributed by atoms with Gasteiger partial charge in [0.05, 0.1) is 23.3 Å². The van der Waals surface area contributed by atoms with Crippen molar-refractivity contribution in [3.8, 4) is 0 Å². The quantitative estimate of drug-likeness (QED) is 0.326. The van der Waals surface area contributed by atoms with Crippen LogP contribution in [0.25, 0.3) is 0 Å². The lowest BCUT2D eigenvalue weighted by molar-refractivity contribution is 0.318. The molecule has 33 heavy (non-hydrogen) atoms. The number of anilines is 1. The maximum Gasteiger partial charge on any atom is 0.198 e. The number of guanidine groups is 1. The highest BCUT2D eigenvalue weighted by Gasteiger charge is 2.27. The van der Waals surface area contributed by atoms with Gasteiger partial charge in [0.15, 0.2) is 5.96 Å². The fraction of sp³-hybridized carbons (Fsp3) is 0.345. The van der Waals surface area contributed by atoms with Crippen LogP contribution in [0.4, 0.5) is 5.69 Å². The van der Waals surface area contributed by atoms with Crippen LogP contribution in [0.1, 0.15) is 42.4 Å². The summed E-state index contributed by atoms with van der Waals surface area (Å²) in [5.74, 6) is 0.962. The first-order chi connectivity index (χ1) is 16.2. The molecule has 0 unspecified atom stereocenters. The van der Waals surface area contributed by atoms with Gasteiger partial charge in [-0.3, -0.25) is 4.99 Å². The highest BCUT2D eigenvalue weighted by molar-refractivity contribution is 6.33. The van der Waals surface area contributed by atoms with Crippen molar-refractivity contribution in [2.24, 2.45) is 4.99 Å². The first-order valence-corrected chi connectivity index (χ1v) is 12.5. The molecule has 3 nitrogen and oxygen atoms in total. The first kappa shape index (κ1) is 23.4. The van der Waals surface area contributed by atoms with Gasteiger partial charge >= 0.3 is 0 Å². The molecule has 4 rings (SSSR count). The zero-order chi connectivity index (χ0) is 22.9. The Hall–Kier alpha value is -2.78. The summed E-state index contributed by atoms with van der Waals surface area (Å²) in [6, 6.07) is 28.1. The summed E-state index contributed by atoms with van der Waals surface area (Å²) < 4.78 is 0. The lowest BCUT2D eigenvalue weighted by Crippen LogP contribution is -2.41. The van der Waals surface area contributed by atoms with Crippen molar-refractivity contribution in [1.82, 2.24) is 4.90 Å². The van der Waals surface area contributed by atoms with Crippen molar-refractivity contribution in [3.05, 3.63) is 101 Å². The molecule has 1 N–H and O–H groups in total. The molecule has 0 aromatic heterocycles. The van der Waals surface area contributed by atoms with Crippen LogP contribution in [0, 0.1) is 6.92 Å². The third kappa shape index (κ3) is 6.85. The number of hydrogen-bond donors (Lipinski definition) is 1. The maximum absolute atomic E-state index is 6.47. The van der Waals surface area contributed by atoms with Gasteiger partial charge in [0.2, 0.25) is 0 Å². The molecule has 0 bridgehead atoms. The predicted molar refractivity (Wildman–Crippen MR) is 141 cm³/mol. The largest absolute Gasteiger partial charge is 0.338 e. The molecule has 1 aliphatic rings. The molecule has 4 heteroatoms. The zero-order valence-corrected chi connectivity index (χ0v) is 20.3. The van der Waals surface area contributed by atoms with Crippen molar-refractivity contribution in [2.45, 2.75) is 51.5 Å². The topological polar surface area (TPSA) is 27.6 Å². The number of nitrogens with one attached hydrogen (secondary N) is 1. The summed E-state index contributed by atoms with van der Waals surface area (Å²) in [5.41, 5.74) is 4.95. The Bertz CT molecular complexity index is 1030. The molecular formula is C29H34ClN3. The molecule has 1 heterocycles. The Morgan fingerprint density at radius 2 is 1.58 bits per heavy atom. The lowest BCUT2D eigenvalue weighted by atomic mass is 10.0. The van der Waals surface area contributed by atoms with Gasteiger partial charge < -0.3 is 10.2 Å². The van der Waals surface area contributed by atoms with E-state index in [9.17, 15) is 0 Å². The smallest absolute Gasteiger partial charge is 0.198 e. The predicted octanol–water partition coefficient (Wildman–Crippen LogP) is 7.15. The van der Waals surface area contributed by atoms with E-state index < -0.39 is 0 Å². The van der Waals surface area contributed by atoms with Crippen LogP contribution in [0.2, 0.25) is 5.02 Å². The fourth-order valence-electron chi connectivity index (χ4n) is 4.47. The maximum atomic E-state index is 6.47. The van der Waals surface area contributed by atoms with Crippen molar-refractivity contribution in [3.63, 3.8) is 0 Å². The summed E-state index contributed by atoms with van der Waals surface area (Å²) in [6.45, 7) is 3.94. The molecule has 0 saturated heterocycles. The molecule has 1 atom stereocenters. The van der Waals surface area contributed by atoms with Crippen molar-refractivity contribution in [1.29, 1.82) is 0 Å². The van der Waals surface area contributed by atoms with Crippen LogP contribution in [-0.4, -0.2) is 30.0 Å². The van der Waals surface area contributed by atoms with Crippen LogP contribution in [-0.2, 0) is 12.8 Å². The van der Waals surface area contributed by atoms with E-state index in [0.717, 1.165) is 55.4 Å². The molecule has 3 aromatic carbocycles. The number of unbranched alkanes of at least 4 members (excludes halogenated alkanes) is 2. The molecular weight excluding hydrogens is 426 g/mol. The Kier molecular flexibility index (Phi) is 8.43. The van der Waals surface area contributed by atoms with E-state index in [4.69, 9.17) is 16.6 Å². The molecule has 1 aliphatic heterocycles. The number of benzene rings is 3. The standard InChI is InChI=1S/C29H34ClN3/c1-23-16-19-27(30)28(21-23)32-29-31-22-26(18-17-25-14-7-3-8-15-25)33(29)20-10-4-9-13-24-11-5-2-6-12-24/h2-3,5-8,11-12,14-16,19,21,26H,4,9-10,13,17-18,20,22H2,1H3,(H,31,32)/t26-/m0/s1. The number of aryl methyl sites for hydroxylation is 3. The van der Waals surface area contributed by atoms with Gasteiger partial charge in [-0.05, 0) is 67.9 Å². The van der Waals surface area contributed by atoms with Gasteiger partial charge in [-0.15, -0.1) is 0 Å². The number of nitrogens with zero attached hydrogens (tertiary/aromatic N) is 2. The van der Waals surface area contributed by atoms with Gasteiger partial charge in [-0.25, -0.2) is 0 Å². The first-order valence-electron chi connectivity index (χ1n) is 12.1. The number of aliphatic imine (C=N–C) groups is 1. The van der Waals surface area contributed by atoms with E-state index in [2.05, 4.69) is 83.9 Å². The Labute approximate surface area is 203 Å². The number of halogens is 1. The molecule has 0 aliphatic carbocycles. The van der Waals surface area contributed by atoms with Crippen molar-refractivity contribution in [2.75, 3.05) is 18.4 Å². The van der Waals surface area contributed by atoms with Crippen LogP contribution in [0.3, 0.4) is 0 Å². The van der Waals surface area contributed by atoms with E-state index in [0.29, 0.717) is 6.04 Å². The third-order valence-corrected chi connectivity index (χ3v) is 6.68. The number of hydrogen-bond acceptors (Lipinski definition) is 3. The van der Waals surface area contributed by atoms with E-state index in [1.807, 2.05) is 12.1 Å². The highest BCUT2D eigenvalue weighted by Crippen LogP contribution is 2.25. The summed E-state index contributed by atoms with van der Waals surface area (Å²) in [7, 11) is 0. The normalized spacial score (nSPS) is 15.5. The Morgan fingerprint density at radius 3 is 2.30 bits per heavy atom. The van der Waals surface area contributed by atoms with Crippen LogP contribution in [0.15, 0.2) is 83.9 Å². The fourth-order valence-corrected chi connectivity index (χ4v) is 4.63. The molecule has 0 saturated carbocycles. The minimum atomic E-state index is 0.422. The molecule has 0 amide bonds. The lowest BCUT2D eigenvalue weighted by Gasteiger charge is -2.29. The summed E-state index contributed by atoms with van der Waals surface area (Å²) in [5, 5.41) is 4.27. The van der Waals surface area contributed by atoms with Crippen LogP contribution < -0.4 is 5.32 Å². The Balaban J connectivity index is 1.36. The second kappa shape index (κ2) is 11.9. The van der Waals surface area contributed by atoms with Crippen LogP contribution >= 0.6 is 11.6 Å². The van der Waals surface area contributed by atoms with Crippen molar-refractivity contribution < 1.29 is 0 Å². The van der Waals surface area contributed by atoms with Gasteiger partial charge in [-0.1, -0.05) is 84.8 Å². The van der Waals surface area contributed by atoms with Gasteiger partial charge in [0.1, 0.15) is 0 Å². The van der Waals surface area contributed by atoms with Crippen LogP contribution in [0.5, 0.6) is 0 Å². The van der Waals surface area contributed by atoms with Gasteiger partial charge in [-0.2, -0.15) is 0 Å². The SMILES string of the molecule is Cc1ccc(Cl)c(NC2=NC[C@H](CCc3ccccc3)N2CCCCCc2ccccc2)c1. The monoisotopic (exact) mass is 459 g/mol. The van der Waals surface area contributed by atoms with E-state index in [-0.39, 0.29) is 0 Å². The van der Waals surface area contributed by atoms with Gasteiger partial charge in [0.25, 0.3) is 0 Å². The molecule has 3 aromatic rings. The average molecular weight is 460 g/mol. The van der Waals surface area contributed by atoms with E-state index in [1.54, 1.807) is 0 Å². The van der Waals surface area contributed by atoms with Gasteiger partial charge in [0, 0.05) is 6.54 Å². The molecule has 0 fully saturated rings. The minimum absolute atomic E-state index is 0.422. The summed E-state index contributed by atoms with van der Waals surface area (Å²) in [4.78, 5) is 7.37. The molecule has 0 radical (unpaired) electrons. The second-order valence-electron chi connectivity index (χ2n) is 8.94. The number of rotatable bonds is 10.